The maximum atomic E-state index is 11.8. The van der Waals surface area contributed by atoms with Crippen LogP contribution in [0.3, 0.4) is 0 Å². The average Bonchev–Trinajstić information content (AvgIpc) is 2.47. The van der Waals surface area contributed by atoms with Crippen molar-refractivity contribution in [2.75, 3.05) is 11.1 Å². The van der Waals surface area contributed by atoms with Crippen LogP contribution in [0.2, 0.25) is 0 Å². The summed E-state index contributed by atoms with van der Waals surface area (Å²) in [7, 11) is 0. The number of carbonyl (C=O) groups is 2. The van der Waals surface area contributed by atoms with Crippen molar-refractivity contribution in [2.45, 2.75) is 44.3 Å². The first kappa shape index (κ1) is 17.4. The number of anilines is 1. The lowest BCUT2D eigenvalue weighted by molar-refractivity contribution is -0.222. The Morgan fingerprint density at radius 3 is 2.30 bits per heavy atom. The number of thioether (sulfide) groups is 1. The molecule has 0 saturated carbocycles. The number of hydrogen-bond donors (Lipinski definition) is 1. The molecule has 124 valence electrons. The van der Waals surface area contributed by atoms with Crippen LogP contribution in [0.4, 0.5) is 5.69 Å². The van der Waals surface area contributed by atoms with Crippen molar-refractivity contribution in [3.8, 4) is 0 Å². The molecule has 1 aromatic carbocycles. The van der Waals surface area contributed by atoms with Crippen LogP contribution in [0.1, 0.15) is 33.6 Å². The Morgan fingerprint density at radius 2 is 1.74 bits per heavy atom. The van der Waals surface area contributed by atoms with Crippen molar-refractivity contribution in [1.82, 2.24) is 0 Å². The second-order valence-corrected chi connectivity index (χ2v) is 6.78. The van der Waals surface area contributed by atoms with E-state index in [0.717, 1.165) is 11.4 Å². The van der Waals surface area contributed by atoms with E-state index in [0.29, 0.717) is 0 Å². The Morgan fingerprint density at radius 1 is 1.13 bits per heavy atom. The molecule has 1 aliphatic heterocycles. The summed E-state index contributed by atoms with van der Waals surface area (Å²) in [6, 6.07) is 7.80. The van der Waals surface area contributed by atoms with E-state index in [9.17, 15) is 9.59 Å². The number of hydrogen-bond acceptors (Lipinski definition) is 6. The summed E-state index contributed by atoms with van der Waals surface area (Å²) in [5, 5.41) is 2.92. The molecule has 0 aliphatic carbocycles. The van der Waals surface area contributed by atoms with E-state index in [1.807, 2.05) is 36.0 Å². The Bertz CT molecular complexity index is 586. The number of unbranched alkanes of at least 4 members (excludes halogenated alkanes) is 1. The monoisotopic (exact) mass is 335 g/mol. The van der Waals surface area contributed by atoms with E-state index in [-0.39, 0.29) is 5.57 Å². The van der Waals surface area contributed by atoms with E-state index in [1.165, 1.54) is 37.8 Å². The van der Waals surface area contributed by atoms with E-state index in [2.05, 4.69) is 12.2 Å². The third-order valence-electron chi connectivity index (χ3n) is 3.12. The zero-order chi connectivity index (χ0) is 16.9. The molecule has 0 spiro atoms. The molecule has 6 heteroatoms. The zero-order valence-electron chi connectivity index (χ0n) is 13.5. The fourth-order valence-corrected chi connectivity index (χ4v) is 2.91. The van der Waals surface area contributed by atoms with E-state index < -0.39 is 17.7 Å². The van der Waals surface area contributed by atoms with Crippen LogP contribution < -0.4 is 5.32 Å². The first-order valence-electron chi connectivity index (χ1n) is 7.57. The Labute approximate surface area is 140 Å². The van der Waals surface area contributed by atoms with Crippen LogP contribution in [0.25, 0.3) is 0 Å². The van der Waals surface area contributed by atoms with Gasteiger partial charge in [0.05, 0.1) is 0 Å². The molecule has 0 radical (unpaired) electrons. The van der Waals surface area contributed by atoms with Gasteiger partial charge in [-0.15, -0.1) is 11.8 Å². The third kappa shape index (κ3) is 5.03. The Hall–Kier alpha value is -1.95. The quantitative estimate of drug-likeness (QED) is 0.281. The van der Waals surface area contributed by atoms with Gasteiger partial charge in [-0.2, -0.15) is 0 Å². The van der Waals surface area contributed by atoms with Crippen LogP contribution in [0.15, 0.2) is 40.9 Å². The summed E-state index contributed by atoms with van der Waals surface area (Å²) in [6.07, 6.45) is 3.69. The highest BCUT2D eigenvalue weighted by atomic mass is 32.2. The van der Waals surface area contributed by atoms with Crippen LogP contribution in [-0.4, -0.2) is 23.5 Å². The topological polar surface area (TPSA) is 64.6 Å². The van der Waals surface area contributed by atoms with Crippen molar-refractivity contribution < 1.29 is 19.1 Å². The van der Waals surface area contributed by atoms with Crippen LogP contribution >= 0.6 is 11.8 Å². The molecule has 0 unspecified atom stereocenters. The van der Waals surface area contributed by atoms with E-state index in [4.69, 9.17) is 9.47 Å². The zero-order valence-corrected chi connectivity index (χ0v) is 14.4. The molecule has 1 saturated heterocycles. The summed E-state index contributed by atoms with van der Waals surface area (Å²) in [4.78, 5) is 24.8. The molecule has 0 atom stereocenters. The van der Waals surface area contributed by atoms with Gasteiger partial charge in [0.15, 0.2) is 5.57 Å². The Kier molecular flexibility index (Phi) is 5.71. The maximum Gasteiger partial charge on any atom is 0.350 e. The van der Waals surface area contributed by atoms with Gasteiger partial charge in [-0.05, 0) is 36.4 Å². The van der Waals surface area contributed by atoms with Crippen molar-refractivity contribution in [2.24, 2.45) is 0 Å². The summed E-state index contributed by atoms with van der Waals surface area (Å²) in [6.45, 7) is 5.20. The maximum absolute atomic E-state index is 11.8. The first-order chi connectivity index (χ1) is 10.9. The van der Waals surface area contributed by atoms with Crippen molar-refractivity contribution in [3.63, 3.8) is 0 Å². The van der Waals surface area contributed by atoms with Crippen LogP contribution in [0.5, 0.6) is 0 Å². The number of esters is 2. The van der Waals surface area contributed by atoms with Crippen molar-refractivity contribution >= 4 is 29.4 Å². The number of benzene rings is 1. The molecule has 2 rings (SSSR count). The van der Waals surface area contributed by atoms with Gasteiger partial charge < -0.3 is 14.8 Å². The summed E-state index contributed by atoms with van der Waals surface area (Å²) < 4.78 is 10.1. The van der Waals surface area contributed by atoms with E-state index >= 15 is 0 Å². The van der Waals surface area contributed by atoms with Gasteiger partial charge in [0, 0.05) is 30.6 Å². The number of rotatable bonds is 6. The second kappa shape index (κ2) is 7.55. The number of nitrogens with one attached hydrogen (secondary N) is 1. The molecule has 1 heterocycles. The molecule has 1 fully saturated rings. The smallest absolute Gasteiger partial charge is 0.350 e. The lowest BCUT2D eigenvalue weighted by Crippen LogP contribution is -2.42. The molecule has 0 amide bonds. The summed E-state index contributed by atoms with van der Waals surface area (Å²) >= 11 is 1.81. The predicted molar refractivity (Wildman–Crippen MR) is 90.0 cm³/mol. The molecule has 1 aromatic rings. The molecule has 0 bridgehead atoms. The van der Waals surface area contributed by atoms with Gasteiger partial charge >= 0.3 is 11.9 Å². The van der Waals surface area contributed by atoms with Gasteiger partial charge in [-0.3, -0.25) is 0 Å². The summed E-state index contributed by atoms with van der Waals surface area (Å²) in [5.74, 6) is -1.50. The second-order valence-electron chi connectivity index (χ2n) is 5.61. The molecule has 1 N–H and O–H groups in total. The first-order valence-corrected chi connectivity index (χ1v) is 8.56. The molecule has 5 nitrogen and oxygen atoms in total. The molecular formula is C17H21NO4S. The molecule has 1 aliphatic rings. The summed E-state index contributed by atoms with van der Waals surface area (Å²) in [5.41, 5.74) is 0.633. The molecule has 23 heavy (non-hydrogen) atoms. The van der Waals surface area contributed by atoms with Gasteiger partial charge in [0.2, 0.25) is 0 Å². The largest absolute Gasteiger partial charge is 0.419 e. The van der Waals surface area contributed by atoms with Crippen molar-refractivity contribution in [3.05, 3.63) is 36.0 Å². The fourth-order valence-electron chi connectivity index (χ4n) is 1.92. The average molecular weight is 335 g/mol. The molecular weight excluding hydrogens is 314 g/mol. The van der Waals surface area contributed by atoms with Gasteiger partial charge in [0.25, 0.3) is 5.79 Å². The van der Waals surface area contributed by atoms with Crippen LogP contribution in [0, 0.1) is 0 Å². The van der Waals surface area contributed by atoms with Crippen molar-refractivity contribution in [1.29, 1.82) is 0 Å². The predicted octanol–water partition coefficient (Wildman–Crippen LogP) is 3.71. The minimum Gasteiger partial charge on any atom is -0.419 e. The minimum atomic E-state index is -1.22. The molecule has 0 aromatic heterocycles. The minimum absolute atomic E-state index is 0.147. The van der Waals surface area contributed by atoms with Gasteiger partial charge in [-0.1, -0.05) is 13.3 Å². The van der Waals surface area contributed by atoms with Gasteiger partial charge in [-0.25, -0.2) is 9.59 Å². The highest BCUT2D eigenvalue weighted by Gasteiger charge is 2.38. The normalized spacial score (nSPS) is 16.6. The number of ether oxygens (including phenoxy) is 2. The fraction of sp³-hybridized carbons (Fsp3) is 0.412. The Balaban J connectivity index is 1.97. The third-order valence-corrected chi connectivity index (χ3v) is 4.22. The van der Waals surface area contributed by atoms with Crippen LogP contribution in [-0.2, 0) is 19.1 Å². The van der Waals surface area contributed by atoms with E-state index in [1.54, 1.807) is 0 Å². The highest BCUT2D eigenvalue weighted by molar-refractivity contribution is 7.99. The highest BCUT2D eigenvalue weighted by Crippen LogP contribution is 2.24. The lowest BCUT2D eigenvalue weighted by Gasteiger charge is -2.29. The number of carbonyl (C=O) groups excluding carboxylic acids is 2. The van der Waals surface area contributed by atoms with Gasteiger partial charge in [0.1, 0.15) is 0 Å². The SMILES string of the molecule is CCCCSc1ccc(NC=C2C(=O)OC(C)(C)OC2=O)cc1. The standard InChI is InChI=1S/C17H21NO4S/c1-4-5-10-23-13-8-6-12(7-9-13)18-11-14-15(19)21-17(2,3)22-16(14)20/h6-9,11,18H,4-5,10H2,1-3H3. The lowest BCUT2D eigenvalue weighted by atomic mass is 10.2. The number of cyclic esters (lactones) is 2.